The van der Waals surface area contributed by atoms with Crippen LogP contribution in [0, 0.1) is 0 Å². The number of hydrogen-bond acceptors (Lipinski definition) is 8. The number of aromatic carboxylic acids is 2. The summed E-state index contributed by atoms with van der Waals surface area (Å²) < 4.78 is 0. The zero-order valence-electron chi connectivity index (χ0n) is 18.4. The van der Waals surface area contributed by atoms with Gasteiger partial charge in [-0.2, -0.15) is 0 Å². The second kappa shape index (κ2) is 22.4. The van der Waals surface area contributed by atoms with E-state index in [2.05, 4.69) is 23.8 Å². The second-order valence-electron chi connectivity index (χ2n) is 5.89. The number of carbonyl (C=O) groups excluding carboxylic acids is 2. The van der Waals surface area contributed by atoms with Crippen molar-refractivity contribution in [3.05, 3.63) is 59.2 Å². The molecule has 0 amide bonds. The average molecular weight is 484 g/mol. The average Bonchev–Trinajstić information content (AvgIpc) is 2.80. The molecule has 0 saturated heterocycles. The van der Waals surface area contributed by atoms with Gasteiger partial charge < -0.3 is 30.0 Å². The summed E-state index contributed by atoms with van der Waals surface area (Å²) in [6.07, 6.45) is 9.57. The molecule has 0 aliphatic rings. The van der Waals surface area contributed by atoms with E-state index in [0.717, 1.165) is 63.9 Å². The van der Waals surface area contributed by atoms with Crippen molar-refractivity contribution in [2.24, 2.45) is 0 Å². The largest absolute Gasteiger partial charge is 2.00 e. The maximum absolute atomic E-state index is 10.4. The summed E-state index contributed by atoms with van der Waals surface area (Å²) in [7, 11) is 2.00. The number of unbranched alkanes of at least 4 members (excludes halogenated alkanes) is 2. The van der Waals surface area contributed by atoms with E-state index in [1.165, 1.54) is 12.1 Å². The molecule has 1 radical (unpaired) electrons. The first-order valence-corrected chi connectivity index (χ1v) is 9.69. The summed E-state index contributed by atoms with van der Waals surface area (Å²) >= 11 is 0. The first-order valence-electron chi connectivity index (χ1n) is 9.69. The van der Waals surface area contributed by atoms with Gasteiger partial charge in [0.2, 0.25) is 0 Å². The van der Waals surface area contributed by atoms with Crippen LogP contribution in [0.5, 0.6) is 0 Å². The molecular formula is C22H32CuN2O6. The molecule has 0 unspecified atom stereocenters. The van der Waals surface area contributed by atoms with Crippen LogP contribution >= 0.6 is 0 Å². The Kier molecular flexibility index (Phi) is 24.0. The van der Waals surface area contributed by atoms with Gasteiger partial charge in [0.15, 0.2) is 0 Å². The van der Waals surface area contributed by atoms with Gasteiger partial charge >= 0.3 is 17.1 Å². The van der Waals surface area contributed by atoms with E-state index in [0.29, 0.717) is 0 Å². The summed E-state index contributed by atoms with van der Waals surface area (Å²) in [5, 5.41) is 34.7. The van der Waals surface area contributed by atoms with Crippen LogP contribution in [-0.4, -0.2) is 46.3 Å². The van der Waals surface area contributed by atoms with Gasteiger partial charge in [0.1, 0.15) is 0 Å². The Labute approximate surface area is 194 Å². The summed E-state index contributed by atoms with van der Waals surface area (Å²) in [6, 6.07) is 6.54. The van der Waals surface area contributed by atoms with Gasteiger partial charge in [-0.25, -0.2) is 0 Å². The van der Waals surface area contributed by atoms with E-state index in [-0.39, 0.29) is 28.5 Å². The van der Waals surface area contributed by atoms with Crippen molar-refractivity contribution in [1.82, 2.24) is 9.97 Å². The van der Waals surface area contributed by atoms with Gasteiger partial charge in [0.05, 0.1) is 23.3 Å². The summed E-state index contributed by atoms with van der Waals surface area (Å²) in [4.78, 5) is 28.2. The van der Waals surface area contributed by atoms with Gasteiger partial charge in [-0.3, -0.25) is 9.97 Å². The fourth-order valence-electron chi connectivity index (χ4n) is 2.15. The van der Waals surface area contributed by atoms with Crippen LogP contribution < -0.4 is 10.2 Å². The smallest absolute Gasteiger partial charge is 0.543 e. The molecule has 0 bridgehead atoms. The number of pyridine rings is 2. The Balaban J connectivity index is -0.000000424. The first-order chi connectivity index (χ1) is 14.5. The van der Waals surface area contributed by atoms with Crippen molar-refractivity contribution in [3.8, 4) is 0 Å². The van der Waals surface area contributed by atoms with Crippen LogP contribution in [0.3, 0.4) is 0 Å². The number of aliphatic hydroxyl groups is 2. The molecule has 9 heteroatoms. The van der Waals surface area contributed by atoms with E-state index < -0.39 is 11.9 Å². The molecule has 2 aromatic heterocycles. The molecule has 2 rings (SSSR count). The molecule has 0 spiro atoms. The number of carboxylic acids is 2. The predicted octanol–water partition coefficient (Wildman–Crippen LogP) is 0.790. The minimum absolute atomic E-state index is 0. The minimum Gasteiger partial charge on any atom is -0.543 e. The third-order valence-electron chi connectivity index (χ3n) is 3.71. The van der Waals surface area contributed by atoms with Crippen molar-refractivity contribution in [2.45, 2.75) is 52.4 Å². The number of carbonyl (C=O) groups is 2. The van der Waals surface area contributed by atoms with Crippen molar-refractivity contribution in [2.75, 3.05) is 14.2 Å². The van der Waals surface area contributed by atoms with E-state index in [9.17, 15) is 19.8 Å². The van der Waals surface area contributed by atoms with Crippen LogP contribution in [0.4, 0.5) is 0 Å². The molecule has 0 saturated carbocycles. The number of aryl methyl sites for hydroxylation is 2. The fraction of sp³-hybridized carbons (Fsp3) is 0.455. The number of rotatable bonds is 8. The first kappa shape index (κ1) is 33.3. The van der Waals surface area contributed by atoms with Crippen LogP contribution in [0.1, 0.15) is 71.6 Å². The molecule has 31 heavy (non-hydrogen) atoms. The molecule has 0 atom stereocenters. The molecule has 8 nitrogen and oxygen atoms in total. The SMILES string of the molecule is CCCCc1ccc(C(=O)[O-])nc1.CCCCc1ccc(C(=O)[O-])nc1.CO.CO.[Cu+2]. The topological polar surface area (TPSA) is 146 Å². The monoisotopic (exact) mass is 483 g/mol. The molecule has 0 aliphatic heterocycles. The number of nitrogens with zero attached hydrogens (tertiary/aromatic N) is 2. The van der Waals surface area contributed by atoms with E-state index in [1.807, 2.05) is 0 Å². The number of aliphatic hydroxyl groups excluding tert-OH is 2. The fourth-order valence-corrected chi connectivity index (χ4v) is 2.15. The summed E-state index contributed by atoms with van der Waals surface area (Å²) in [5.74, 6) is -2.44. The van der Waals surface area contributed by atoms with Crippen molar-refractivity contribution in [1.29, 1.82) is 0 Å². The molecule has 2 N–H and O–H groups in total. The Morgan fingerprint density at radius 3 is 1.26 bits per heavy atom. The van der Waals surface area contributed by atoms with Crippen molar-refractivity contribution in [3.63, 3.8) is 0 Å². The summed E-state index contributed by atoms with van der Waals surface area (Å²) in [5.41, 5.74) is 2.15. The molecule has 0 aliphatic carbocycles. The zero-order chi connectivity index (χ0) is 23.4. The molecule has 0 fully saturated rings. The van der Waals surface area contributed by atoms with Crippen molar-refractivity contribution >= 4 is 11.9 Å². The van der Waals surface area contributed by atoms with Gasteiger partial charge in [-0.1, -0.05) is 38.8 Å². The molecule has 2 heterocycles. The quantitative estimate of drug-likeness (QED) is 0.524. The Morgan fingerprint density at radius 1 is 0.742 bits per heavy atom. The van der Waals surface area contributed by atoms with E-state index in [4.69, 9.17) is 10.2 Å². The van der Waals surface area contributed by atoms with Gasteiger partial charge in [0.25, 0.3) is 0 Å². The third-order valence-corrected chi connectivity index (χ3v) is 3.71. The molecule has 2 aromatic rings. The molecule has 0 aromatic carbocycles. The van der Waals surface area contributed by atoms with Crippen LogP contribution in [0.2, 0.25) is 0 Å². The minimum atomic E-state index is -1.22. The van der Waals surface area contributed by atoms with Crippen LogP contribution in [0.25, 0.3) is 0 Å². The number of aromatic nitrogens is 2. The van der Waals surface area contributed by atoms with Gasteiger partial charge in [-0.15, -0.1) is 0 Å². The Morgan fingerprint density at radius 2 is 1.06 bits per heavy atom. The maximum atomic E-state index is 10.4. The standard InChI is InChI=1S/2C10H13NO2.2CH4O.Cu/c2*1-2-3-4-8-5-6-9(10(12)13)11-7-8;2*1-2;/h2*5-7H,2-4H2,1H3,(H,12,13);2*2H,1H3;/q;;;;+2/p-2. The van der Waals surface area contributed by atoms with E-state index >= 15 is 0 Å². The van der Waals surface area contributed by atoms with E-state index in [1.54, 1.807) is 24.5 Å². The number of hydrogen-bond donors (Lipinski definition) is 2. The zero-order valence-corrected chi connectivity index (χ0v) is 19.4. The van der Waals surface area contributed by atoms with Gasteiger partial charge in [-0.05, 0) is 48.9 Å². The molecular weight excluding hydrogens is 452 g/mol. The van der Waals surface area contributed by atoms with Crippen LogP contribution in [-0.2, 0) is 29.9 Å². The Hall–Kier alpha value is -2.32. The summed E-state index contributed by atoms with van der Waals surface area (Å²) in [6.45, 7) is 4.23. The van der Waals surface area contributed by atoms with Crippen molar-refractivity contribution < 1.29 is 47.1 Å². The second-order valence-corrected chi connectivity index (χ2v) is 5.89. The normalized spacial score (nSPS) is 8.71. The Bertz CT molecular complexity index is 633. The van der Waals surface area contributed by atoms with Crippen LogP contribution in [0.15, 0.2) is 36.7 Å². The third kappa shape index (κ3) is 16.1. The predicted molar refractivity (Wildman–Crippen MR) is 111 cm³/mol. The number of carboxylic acid groups (broad SMARTS) is 2. The molecule has 177 valence electrons. The maximum Gasteiger partial charge on any atom is 2.00 e. The van der Waals surface area contributed by atoms with Gasteiger partial charge in [0, 0.05) is 26.6 Å².